The lowest BCUT2D eigenvalue weighted by molar-refractivity contribution is -0.137. The van der Waals surface area contributed by atoms with Gasteiger partial charge in [-0.15, -0.1) is 11.3 Å². The molecule has 0 saturated heterocycles. The molecule has 0 atom stereocenters. The van der Waals surface area contributed by atoms with Crippen LogP contribution in [-0.2, 0) is 10.9 Å². The highest BCUT2D eigenvalue weighted by Gasteiger charge is 2.46. The van der Waals surface area contributed by atoms with E-state index in [0.29, 0.717) is 24.2 Å². The molecule has 3 nitrogen and oxygen atoms in total. The molecule has 0 radical (unpaired) electrons. The van der Waals surface area contributed by atoms with Crippen molar-refractivity contribution in [1.82, 2.24) is 4.98 Å². The number of carbonyl (C=O) groups is 1. The average Bonchev–Trinajstić information content (AvgIpc) is 2.64. The molecule has 7 heteroatoms. The van der Waals surface area contributed by atoms with Crippen LogP contribution >= 0.6 is 11.3 Å². The highest BCUT2D eigenvalue weighted by Crippen LogP contribution is 2.40. The number of nitrogens with zero attached hydrogens (tertiary/aromatic N) is 1. The number of alkyl halides is 3. The Morgan fingerprint density at radius 1 is 1.53 bits per heavy atom. The maximum Gasteiger partial charge on any atom is 0.443 e. The summed E-state index contributed by atoms with van der Waals surface area (Å²) in [5.41, 5.74) is -0.921. The molecular weight excluding hydrogens is 255 g/mol. The minimum Gasteiger partial charge on any atom is -0.370 e. The molecule has 0 aliphatic heterocycles. The smallest absolute Gasteiger partial charge is 0.370 e. The van der Waals surface area contributed by atoms with Gasteiger partial charge in [0, 0.05) is 13.3 Å². The van der Waals surface area contributed by atoms with Gasteiger partial charge in [0.25, 0.3) is 0 Å². The van der Waals surface area contributed by atoms with Crippen LogP contribution in [0.1, 0.15) is 33.9 Å². The third-order valence-electron chi connectivity index (χ3n) is 2.94. The third-order valence-corrected chi connectivity index (χ3v) is 3.98. The second kappa shape index (κ2) is 4.06. The third kappa shape index (κ3) is 2.09. The van der Waals surface area contributed by atoms with Crippen LogP contribution in [0.15, 0.2) is 6.20 Å². The lowest BCUT2D eigenvalue weighted by Gasteiger charge is -2.38. The van der Waals surface area contributed by atoms with Crippen LogP contribution in [0.25, 0.3) is 0 Å². The topological polar surface area (TPSA) is 39.2 Å². The van der Waals surface area contributed by atoms with E-state index in [9.17, 15) is 18.0 Å². The zero-order valence-electron chi connectivity index (χ0n) is 9.00. The van der Waals surface area contributed by atoms with Gasteiger partial charge in [0.2, 0.25) is 5.78 Å². The summed E-state index contributed by atoms with van der Waals surface area (Å²) < 4.78 is 42.2. The maximum absolute atomic E-state index is 12.3. The molecule has 94 valence electrons. The SMILES string of the molecule is COC1(C(=O)c2cnc(C(F)(F)F)s2)CCC1. The van der Waals surface area contributed by atoms with E-state index in [0.717, 1.165) is 12.6 Å². The number of rotatable bonds is 3. The van der Waals surface area contributed by atoms with Crippen LogP contribution < -0.4 is 0 Å². The molecule has 1 fully saturated rings. The van der Waals surface area contributed by atoms with Crippen LogP contribution in [0.4, 0.5) is 13.2 Å². The van der Waals surface area contributed by atoms with Crippen molar-refractivity contribution in [3.63, 3.8) is 0 Å². The molecule has 1 saturated carbocycles. The zero-order chi connectivity index (χ0) is 12.7. The first-order valence-corrected chi connectivity index (χ1v) is 5.84. The molecule has 1 heterocycles. The monoisotopic (exact) mass is 265 g/mol. The van der Waals surface area contributed by atoms with Crippen LogP contribution in [0.5, 0.6) is 0 Å². The van der Waals surface area contributed by atoms with Gasteiger partial charge >= 0.3 is 6.18 Å². The number of thiazole rings is 1. The fourth-order valence-corrected chi connectivity index (χ4v) is 2.57. The van der Waals surface area contributed by atoms with Crippen molar-refractivity contribution in [2.45, 2.75) is 31.0 Å². The number of hydrogen-bond acceptors (Lipinski definition) is 4. The summed E-state index contributed by atoms with van der Waals surface area (Å²) in [6, 6.07) is 0. The van der Waals surface area contributed by atoms with Crippen molar-refractivity contribution in [2.24, 2.45) is 0 Å². The van der Waals surface area contributed by atoms with Gasteiger partial charge in [0.05, 0.1) is 4.88 Å². The van der Waals surface area contributed by atoms with Gasteiger partial charge in [-0.3, -0.25) is 4.79 Å². The molecule has 1 aromatic heterocycles. The predicted octanol–water partition coefficient (Wildman–Crippen LogP) is 2.91. The van der Waals surface area contributed by atoms with Gasteiger partial charge in [-0.1, -0.05) is 0 Å². The Morgan fingerprint density at radius 2 is 2.18 bits per heavy atom. The number of hydrogen-bond donors (Lipinski definition) is 0. The minimum absolute atomic E-state index is 0.0128. The van der Waals surface area contributed by atoms with Gasteiger partial charge in [0.1, 0.15) is 5.60 Å². The largest absolute Gasteiger partial charge is 0.443 e. The Morgan fingerprint density at radius 3 is 2.53 bits per heavy atom. The molecule has 0 N–H and O–H groups in total. The number of carbonyl (C=O) groups excluding carboxylic acids is 1. The Kier molecular flexibility index (Phi) is 2.99. The fourth-order valence-electron chi connectivity index (χ4n) is 1.76. The quantitative estimate of drug-likeness (QED) is 0.789. The molecule has 0 unspecified atom stereocenters. The second-order valence-electron chi connectivity index (χ2n) is 3.91. The summed E-state index contributed by atoms with van der Waals surface area (Å²) in [7, 11) is 1.41. The number of Topliss-reactive ketones (excluding diaryl/α,β-unsaturated/α-hetero) is 1. The molecule has 1 aliphatic rings. The van der Waals surface area contributed by atoms with Crippen LogP contribution in [-0.4, -0.2) is 23.5 Å². The Labute approximate surface area is 99.6 Å². The van der Waals surface area contributed by atoms with Crippen molar-refractivity contribution in [1.29, 1.82) is 0 Å². The molecule has 1 aromatic rings. The van der Waals surface area contributed by atoms with Crippen LogP contribution in [0, 0.1) is 0 Å². The standard InChI is InChI=1S/C10H10F3NO2S/c1-16-9(3-2-4-9)7(15)6-5-14-8(17-6)10(11,12)13/h5H,2-4H2,1H3. The zero-order valence-corrected chi connectivity index (χ0v) is 9.82. The molecule has 2 rings (SSSR count). The van der Waals surface area contributed by atoms with Crippen molar-refractivity contribution in [3.8, 4) is 0 Å². The normalized spacial score (nSPS) is 18.8. The van der Waals surface area contributed by atoms with Crippen molar-refractivity contribution >= 4 is 17.1 Å². The fraction of sp³-hybridized carbons (Fsp3) is 0.600. The molecule has 17 heavy (non-hydrogen) atoms. The van der Waals surface area contributed by atoms with Gasteiger partial charge < -0.3 is 4.74 Å². The van der Waals surface area contributed by atoms with Gasteiger partial charge in [-0.2, -0.15) is 13.2 Å². The molecule has 0 spiro atoms. The van der Waals surface area contributed by atoms with Crippen molar-refractivity contribution in [3.05, 3.63) is 16.1 Å². The number of ether oxygens (including phenoxy) is 1. The first-order chi connectivity index (χ1) is 7.89. The van der Waals surface area contributed by atoms with Crippen LogP contribution in [0.3, 0.4) is 0 Å². The first kappa shape index (κ1) is 12.5. The van der Waals surface area contributed by atoms with E-state index in [1.54, 1.807) is 0 Å². The summed E-state index contributed by atoms with van der Waals surface area (Å²) in [5, 5.41) is -0.994. The number of ketones is 1. The minimum atomic E-state index is -4.50. The van der Waals surface area contributed by atoms with E-state index in [4.69, 9.17) is 4.74 Å². The van der Waals surface area contributed by atoms with E-state index in [1.807, 2.05) is 0 Å². The molecule has 0 bridgehead atoms. The van der Waals surface area contributed by atoms with Gasteiger partial charge in [-0.05, 0) is 19.3 Å². The first-order valence-electron chi connectivity index (χ1n) is 5.02. The highest BCUT2D eigenvalue weighted by atomic mass is 32.1. The van der Waals surface area contributed by atoms with E-state index in [1.165, 1.54) is 7.11 Å². The lowest BCUT2D eigenvalue weighted by Crippen LogP contribution is -2.46. The van der Waals surface area contributed by atoms with E-state index in [2.05, 4.69) is 4.98 Å². The Bertz CT molecular complexity index is 431. The molecule has 1 aliphatic carbocycles. The molecular formula is C10H10F3NO2S. The summed E-state index contributed by atoms with van der Waals surface area (Å²) in [4.78, 5) is 15.2. The Balaban J connectivity index is 2.23. The Hall–Kier alpha value is -0.950. The highest BCUT2D eigenvalue weighted by molar-refractivity contribution is 7.13. The lowest BCUT2D eigenvalue weighted by atomic mass is 9.76. The number of methoxy groups -OCH3 is 1. The van der Waals surface area contributed by atoms with Crippen molar-refractivity contribution < 1.29 is 22.7 Å². The second-order valence-corrected chi connectivity index (χ2v) is 4.94. The van der Waals surface area contributed by atoms with Gasteiger partial charge in [-0.25, -0.2) is 4.98 Å². The van der Waals surface area contributed by atoms with Crippen LogP contribution in [0.2, 0.25) is 0 Å². The summed E-state index contributed by atoms with van der Waals surface area (Å²) >= 11 is 0.374. The maximum atomic E-state index is 12.3. The average molecular weight is 265 g/mol. The number of aromatic nitrogens is 1. The summed E-state index contributed by atoms with van der Waals surface area (Å²) in [6.07, 6.45) is -1.55. The molecule has 0 aromatic carbocycles. The van der Waals surface area contributed by atoms with Crippen molar-refractivity contribution in [2.75, 3.05) is 7.11 Å². The van der Waals surface area contributed by atoms with E-state index in [-0.39, 0.29) is 10.7 Å². The van der Waals surface area contributed by atoms with E-state index < -0.39 is 16.8 Å². The summed E-state index contributed by atoms with van der Waals surface area (Å²) in [6.45, 7) is 0. The summed E-state index contributed by atoms with van der Waals surface area (Å²) in [5.74, 6) is -0.390. The van der Waals surface area contributed by atoms with E-state index >= 15 is 0 Å². The number of halogens is 3. The molecule has 0 amide bonds. The predicted molar refractivity (Wildman–Crippen MR) is 55.0 cm³/mol. The van der Waals surface area contributed by atoms with Gasteiger partial charge in [0.15, 0.2) is 5.01 Å².